The van der Waals surface area contributed by atoms with Gasteiger partial charge in [-0.2, -0.15) is 19.4 Å². The maximum absolute atomic E-state index is 11.2. The summed E-state index contributed by atoms with van der Waals surface area (Å²) >= 11 is 0. The molecule has 0 spiro atoms. The Morgan fingerprint density at radius 1 is 0.944 bits per heavy atom. The van der Waals surface area contributed by atoms with E-state index in [0.717, 1.165) is 32.1 Å². The molecule has 0 aromatic rings. The van der Waals surface area contributed by atoms with Crippen molar-refractivity contribution in [3.05, 3.63) is 0 Å². The second-order valence-electron chi connectivity index (χ2n) is 5.26. The van der Waals surface area contributed by atoms with Gasteiger partial charge in [-0.25, -0.2) is 0 Å². The average Bonchev–Trinajstić information content (AvgIpc) is 2.25. The molecule has 104 valence electrons. The van der Waals surface area contributed by atoms with Crippen LogP contribution in [-0.2, 0) is 19.2 Å². The molecule has 1 aliphatic rings. The van der Waals surface area contributed by atoms with Gasteiger partial charge >= 0.3 is 12.3 Å². The molecule has 0 radical (unpaired) electrons. The van der Waals surface area contributed by atoms with Crippen LogP contribution in [-0.4, -0.2) is 24.0 Å². The molecule has 1 aliphatic carbocycles. The molecule has 0 bridgehead atoms. The van der Waals surface area contributed by atoms with Gasteiger partial charge in [-0.1, -0.05) is 6.42 Å². The molecule has 6 heteroatoms. The van der Waals surface area contributed by atoms with Crippen LogP contribution in [0.5, 0.6) is 0 Å². The van der Waals surface area contributed by atoms with Crippen molar-refractivity contribution in [1.29, 1.82) is 0 Å². The van der Waals surface area contributed by atoms with Gasteiger partial charge in [-0.15, -0.1) is 0 Å². The third-order valence-electron chi connectivity index (χ3n) is 2.38. The van der Waals surface area contributed by atoms with Crippen molar-refractivity contribution >= 4 is 12.3 Å². The predicted molar refractivity (Wildman–Crippen MR) is 61.8 cm³/mol. The molecular formula is C12H20O6. The number of hydrogen-bond donors (Lipinski definition) is 0. The quantitative estimate of drug-likeness (QED) is 0.409. The highest BCUT2D eigenvalue weighted by atomic mass is 17.3. The number of carbonyl (C=O) groups is 2. The van der Waals surface area contributed by atoms with Crippen LogP contribution in [0.2, 0.25) is 0 Å². The van der Waals surface area contributed by atoms with Crippen LogP contribution in [0, 0.1) is 0 Å². The van der Waals surface area contributed by atoms with Gasteiger partial charge in [0.2, 0.25) is 0 Å². The lowest BCUT2D eigenvalue weighted by atomic mass is 9.98. The first-order chi connectivity index (χ1) is 8.37. The number of hydrogen-bond acceptors (Lipinski definition) is 6. The average molecular weight is 260 g/mol. The standard InChI is InChI=1S/C12H20O6/c1-12(2,3)16-11(14)18-17-10(13)15-9-7-5-4-6-8-9/h9H,4-8H2,1-3H3. The maximum Gasteiger partial charge on any atom is 0.550 e. The molecular weight excluding hydrogens is 240 g/mol. The normalized spacial score (nSPS) is 16.8. The van der Waals surface area contributed by atoms with Crippen molar-refractivity contribution in [2.45, 2.75) is 64.6 Å². The highest BCUT2D eigenvalue weighted by molar-refractivity contribution is 5.63. The minimum Gasteiger partial charge on any atom is -0.428 e. The fraction of sp³-hybridized carbons (Fsp3) is 0.833. The van der Waals surface area contributed by atoms with Gasteiger partial charge in [0.15, 0.2) is 0 Å². The maximum atomic E-state index is 11.2. The first-order valence-corrected chi connectivity index (χ1v) is 6.15. The van der Waals surface area contributed by atoms with Gasteiger partial charge in [0, 0.05) is 0 Å². The monoisotopic (exact) mass is 260 g/mol. The molecule has 0 aromatic heterocycles. The first kappa shape index (κ1) is 14.6. The molecule has 0 aliphatic heterocycles. The van der Waals surface area contributed by atoms with E-state index in [1.807, 2.05) is 0 Å². The zero-order valence-corrected chi connectivity index (χ0v) is 11.1. The molecule has 0 aromatic carbocycles. The summed E-state index contributed by atoms with van der Waals surface area (Å²) in [6.07, 6.45) is 2.65. The molecule has 1 saturated carbocycles. The zero-order chi connectivity index (χ0) is 13.6. The molecule has 6 nitrogen and oxygen atoms in total. The Labute approximate surface area is 106 Å². The van der Waals surface area contributed by atoms with Crippen molar-refractivity contribution in [2.24, 2.45) is 0 Å². The minimum atomic E-state index is -1.07. The summed E-state index contributed by atoms with van der Waals surface area (Å²) in [6, 6.07) is 0. The van der Waals surface area contributed by atoms with E-state index in [2.05, 4.69) is 9.78 Å². The predicted octanol–water partition coefficient (Wildman–Crippen LogP) is 3.34. The molecule has 1 fully saturated rings. The summed E-state index contributed by atoms with van der Waals surface area (Å²) in [5, 5.41) is 0. The Hall–Kier alpha value is -1.46. The summed E-state index contributed by atoms with van der Waals surface area (Å²) in [5.41, 5.74) is -0.701. The number of ether oxygens (including phenoxy) is 2. The Bertz CT molecular complexity index is 287. The summed E-state index contributed by atoms with van der Waals surface area (Å²) in [7, 11) is 0. The highest BCUT2D eigenvalue weighted by Gasteiger charge is 2.22. The van der Waals surface area contributed by atoms with E-state index in [4.69, 9.17) is 9.47 Å². The Morgan fingerprint density at radius 2 is 1.50 bits per heavy atom. The van der Waals surface area contributed by atoms with E-state index in [1.54, 1.807) is 20.8 Å². The summed E-state index contributed by atoms with van der Waals surface area (Å²) in [5.74, 6) is 0. The lowest BCUT2D eigenvalue weighted by Crippen LogP contribution is -2.26. The second-order valence-corrected chi connectivity index (χ2v) is 5.26. The SMILES string of the molecule is CC(C)(C)OC(=O)OOC(=O)OC1CCCCC1. The van der Waals surface area contributed by atoms with E-state index in [0.29, 0.717) is 0 Å². The van der Waals surface area contributed by atoms with E-state index in [-0.39, 0.29) is 6.10 Å². The van der Waals surface area contributed by atoms with Crippen molar-refractivity contribution in [2.75, 3.05) is 0 Å². The van der Waals surface area contributed by atoms with Gasteiger partial charge < -0.3 is 9.47 Å². The van der Waals surface area contributed by atoms with Gasteiger partial charge in [-0.3, -0.25) is 0 Å². The van der Waals surface area contributed by atoms with Crippen LogP contribution in [0.1, 0.15) is 52.9 Å². The Balaban J connectivity index is 2.18. The van der Waals surface area contributed by atoms with Crippen molar-refractivity contribution in [1.82, 2.24) is 0 Å². The van der Waals surface area contributed by atoms with E-state index in [1.165, 1.54) is 0 Å². The van der Waals surface area contributed by atoms with E-state index in [9.17, 15) is 9.59 Å². The van der Waals surface area contributed by atoms with Crippen LogP contribution in [0.4, 0.5) is 9.59 Å². The van der Waals surface area contributed by atoms with Gasteiger partial charge in [0.05, 0.1) is 0 Å². The molecule has 1 rings (SSSR count). The summed E-state index contributed by atoms with van der Waals surface area (Å²) in [4.78, 5) is 30.7. The molecule has 0 amide bonds. The number of carbonyl (C=O) groups excluding carboxylic acids is 2. The fourth-order valence-corrected chi connectivity index (χ4v) is 1.67. The first-order valence-electron chi connectivity index (χ1n) is 6.15. The Kier molecular flexibility index (Phi) is 5.25. The lowest BCUT2D eigenvalue weighted by molar-refractivity contribution is -0.229. The molecule has 0 atom stereocenters. The molecule has 0 heterocycles. The second kappa shape index (κ2) is 6.47. The zero-order valence-electron chi connectivity index (χ0n) is 11.1. The highest BCUT2D eigenvalue weighted by Crippen LogP contribution is 2.20. The van der Waals surface area contributed by atoms with Crippen LogP contribution < -0.4 is 0 Å². The number of rotatable bonds is 1. The third-order valence-corrected chi connectivity index (χ3v) is 2.38. The minimum absolute atomic E-state index is 0.145. The molecule has 0 N–H and O–H groups in total. The van der Waals surface area contributed by atoms with Crippen molar-refractivity contribution in [3.8, 4) is 0 Å². The Morgan fingerprint density at radius 3 is 2.06 bits per heavy atom. The fourth-order valence-electron chi connectivity index (χ4n) is 1.67. The summed E-state index contributed by atoms with van der Waals surface area (Å²) < 4.78 is 9.76. The van der Waals surface area contributed by atoms with Gasteiger partial charge in [0.25, 0.3) is 0 Å². The lowest BCUT2D eigenvalue weighted by Gasteiger charge is -2.21. The van der Waals surface area contributed by atoms with E-state index < -0.39 is 17.9 Å². The molecule has 0 unspecified atom stereocenters. The van der Waals surface area contributed by atoms with Crippen molar-refractivity contribution in [3.63, 3.8) is 0 Å². The summed E-state index contributed by atoms with van der Waals surface area (Å²) in [6.45, 7) is 5.03. The molecule has 0 saturated heterocycles. The van der Waals surface area contributed by atoms with Crippen LogP contribution in [0.25, 0.3) is 0 Å². The van der Waals surface area contributed by atoms with Crippen LogP contribution in [0.15, 0.2) is 0 Å². The van der Waals surface area contributed by atoms with E-state index >= 15 is 0 Å². The van der Waals surface area contributed by atoms with Gasteiger partial charge in [-0.05, 0) is 46.5 Å². The largest absolute Gasteiger partial charge is 0.550 e. The van der Waals surface area contributed by atoms with Crippen molar-refractivity contribution < 1.29 is 28.8 Å². The third kappa shape index (κ3) is 6.32. The smallest absolute Gasteiger partial charge is 0.428 e. The topological polar surface area (TPSA) is 71.1 Å². The van der Waals surface area contributed by atoms with Crippen LogP contribution in [0.3, 0.4) is 0 Å². The van der Waals surface area contributed by atoms with Crippen LogP contribution >= 0.6 is 0 Å². The van der Waals surface area contributed by atoms with Gasteiger partial charge in [0.1, 0.15) is 11.7 Å². The molecule has 18 heavy (non-hydrogen) atoms.